The molecule has 1 nitrogen and oxygen atoms in total. The first-order valence-corrected chi connectivity index (χ1v) is 8.18. The molecule has 0 fully saturated rings. The summed E-state index contributed by atoms with van der Waals surface area (Å²) in [7, 11) is 0. The number of hydrogen-bond donors (Lipinski definition) is 1. The van der Waals surface area contributed by atoms with Crippen LogP contribution in [0.15, 0.2) is 72.8 Å². The van der Waals surface area contributed by atoms with Crippen molar-refractivity contribution in [3.63, 3.8) is 0 Å². The summed E-state index contributed by atoms with van der Waals surface area (Å²) in [5.41, 5.74) is 2.74. The van der Waals surface area contributed by atoms with E-state index in [2.05, 4.69) is 73.1 Å². The molecular weight excluding hydrogens is 330 g/mol. The fraction of sp³-hybridized carbons (Fsp3) is 0.200. The minimum atomic E-state index is 0. The van der Waals surface area contributed by atoms with Gasteiger partial charge in [-0.3, -0.25) is 0 Å². The number of hydrogen-bond acceptors (Lipinski definition) is 1. The fourth-order valence-electron chi connectivity index (χ4n) is 1.46. The minimum Gasteiger partial charge on any atom is -0.0149 e. The quantitative estimate of drug-likeness (QED) is 0.650. The van der Waals surface area contributed by atoms with Gasteiger partial charge in [0.25, 0.3) is 0 Å². The van der Waals surface area contributed by atoms with Crippen molar-refractivity contribution >= 4 is 23.1 Å². The predicted molar refractivity (Wildman–Crippen MR) is 105 cm³/mol. The summed E-state index contributed by atoms with van der Waals surface area (Å²) in [4.78, 5) is 0. The summed E-state index contributed by atoms with van der Waals surface area (Å²) in [6.45, 7) is 6.40. The van der Waals surface area contributed by atoms with Crippen LogP contribution in [0.4, 0.5) is 0 Å². The maximum Gasteiger partial charge on any atom is -0.0149 e. The van der Waals surface area contributed by atoms with E-state index >= 15 is 0 Å². The van der Waals surface area contributed by atoms with E-state index in [1.807, 2.05) is 57.1 Å². The Bertz CT molecular complexity index is 524. The van der Waals surface area contributed by atoms with Crippen LogP contribution in [0.25, 0.3) is 12.2 Å². The van der Waals surface area contributed by atoms with Crippen molar-refractivity contribution in [2.24, 2.45) is 0 Å². The summed E-state index contributed by atoms with van der Waals surface area (Å²) in [6.07, 6.45) is 8.31. The Morgan fingerprint density at radius 3 is 1.30 bits per heavy atom. The SMILES string of the molecule is C(C=Cc1ccccc1)=Cc1ccccc1.CC(C)(C)[NH][Ti].[SiH4]. The van der Waals surface area contributed by atoms with Gasteiger partial charge in [0.2, 0.25) is 0 Å². The molecule has 0 aromatic heterocycles. The average Bonchev–Trinajstić information content (AvgIpc) is 2.53. The van der Waals surface area contributed by atoms with Crippen molar-refractivity contribution in [1.82, 2.24) is 3.80 Å². The van der Waals surface area contributed by atoms with E-state index in [4.69, 9.17) is 0 Å². The first kappa shape index (κ1) is 21.8. The van der Waals surface area contributed by atoms with Crippen LogP contribution >= 0.6 is 0 Å². The molecule has 0 aliphatic rings. The molecule has 0 heterocycles. The monoisotopic (exact) mass is 358 g/mol. The number of nitrogens with one attached hydrogen (secondary N) is 1. The van der Waals surface area contributed by atoms with Gasteiger partial charge in [0.1, 0.15) is 0 Å². The molecule has 0 aliphatic carbocycles. The largest absolute Gasteiger partial charge is 0.0149 e. The van der Waals surface area contributed by atoms with Crippen LogP contribution in [0, 0.1) is 0 Å². The van der Waals surface area contributed by atoms with Crippen LogP contribution in [0.3, 0.4) is 0 Å². The molecule has 0 unspecified atom stereocenters. The van der Waals surface area contributed by atoms with Crippen LogP contribution in [-0.2, 0) is 20.7 Å². The van der Waals surface area contributed by atoms with Crippen molar-refractivity contribution in [3.05, 3.63) is 83.9 Å². The maximum absolute atomic E-state index is 3.10. The Balaban J connectivity index is 0.000000599. The second-order valence-corrected chi connectivity index (χ2v) is 6.30. The van der Waals surface area contributed by atoms with E-state index in [1.165, 1.54) is 11.1 Å². The smallest absolute Gasteiger partial charge is 0.0149 e. The second kappa shape index (κ2) is 12.3. The third-order valence-electron chi connectivity index (χ3n) is 2.66. The zero-order valence-electron chi connectivity index (χ0n) is 13.6. The van der Waals surface area contributed by atoms with E-state index in [-0.39, 0.29) is 11.0 Å². The Morgan fingerprint density at radius 2 is 1.04 bits per heavy atom. The second-order valence-electron chi connectivity index (χ2n) is 5.91. The first-order chi connectivity index (χ1) is 10.5. The standard InChI is InChI=1S/C16H14.C4H10N.H4Si.Ti/c1-3-9-15(10-4-1)13-7-8-14-16-11-5-2-6-12-16;1-4(2,3)5;;/h1-14H;5H,1-3H3;1H4;/q;-1;;+1. The van der Waals surface area contributed by atoms with Gasteiger partial charge in [-0.25, -0.2) is 0 Å². The van der Waals surface area contributed by atoms with Crippen molar-refractivity contribution in [2.75, 3.05) is 0 Å². The predicted octanol–water partition coefficient (Wildman–Crippen LogP) is 3.80. The van der Waals surface area contributed by atoms with Gasteiger partial charge in [-0.1, -0.05) is 85.0 Å². The van der Waals surface area contributed by atoms with E-state index in [1.54, 1.807) is 0 Å². The summed E-state index contributed by atoms with van der Waals surface area (Å²) >= 11 is 1.96. The molecule has 121 valence electrons. The van der Waals surface area contributed by atoms with Crippen molar-refractivity contribution in [2.45, 2.75) is 26.3 Å². The number of allylic oxidation sites excluding steroid dienone is 2. The molecule has 0 bridgehead atoms. The molecular formula is C20H28NSiTi. The zero-order valence-corrected chi connectivity index (χ0v) is 15.1. The summed E-state index contributed by atoms with van der Waals surface area (Å²) < 4.78 is 3.10. The molecule has 2 rings (SSSR count). The molecule has 2 aromatic rings. The van der Waals surface area contributed by atoms with E-state index in [9.17, 15) is 0 Å². The molecule has 2 aromatic carbocycles. The molecule has 1 N–H and O–H groups in total. The Hall–Kier alpha value is -1.19. The molecule has 0 atom stereocenters. The van der Waals surface area contributed by atoms with E-state index < -0.39 is 0 Å². The van der Waals surface area contributed by atoms with Gasteiger partial charge in [-0.05, 0) is 22.1 Å². The third kappa shape index (κ3) is 12.0. The summed E-state index contributed by atoms with van der Waals surface area (Å²) in [5, 5.41) is 0. The molecule has 0 amide bonds. The third-order valence-corrected chi connectivity index (χ3v) is 3.83. The van der Waals surface area contributed by atoms with Gasteiger partial charge in [-0.15, -0.1) is 0 Å². The molecule has 3 heteroatoms. The minimum absolute atomic E-state index is 0. The zero-order chi connectivity index (χ0) is 16.3. The summed E-state index contributed by atoms with van der Waals surface area (Å²) in [5.74, 6) is 0. The fourth-order valence-corrected chi connectivity index (χ4v) is 1.46. The Labute approximate surface area is 157 Å². The van der Waals surface area contributed by atoms with E-state index in [0.29, 0.717) is 5.54 Å². The number of benzene rings is 2. The van der Waals surface area contributed by atoms with Gasteiger partial charge >= 0.3 is 50.8 Å². The summed E-state index contributed by atoms with van der Waals surface area (Å²) in [6, 6.07) is 20.6. The van der Waals surface area contributed by atoms with Crippen molar-refractivity contribution < 1.29 is 20.7 Å². The molecule has 0 aliphatic heterocycles. The van der Waals surface area contributed by atoms with Crippen LogP contribution in [0.1, 0.15) is 31.9 Å². The van der Waals surface area contributed by atoms with Crippen molar-refractivity contribution in [1.29, 1.82) is 0 Å². The van der Waals surface area contributed by atoms with Crippen LogP contribution < -0.4 is 3.80 Å². The van der Waals surface area contributed by atoms with Crippen molar-refractivity contribution in [3.8, 4) is 0 Å². The molecule has 0 saturated carbocycles. The average molecular weight is 358 g/mol. The molecule has 0 saturated heterocycles. The van der Waals surface area contributed by atoms with Crippen LogP contribution in [-0.4, -0.2) is 16.5 Å². The normalized spacial score (nSPS) is 10.9. The maximum atomic E-state index is 3.10. The van der Waals surface area contributed by atoms with Crippen LogP contribution in [0.5, 0.6) is 0 Å². The first-order valence-electron chi connectivity index (χ1n) is 7.40. The van der Waals surface area contributed by atoms with Crippen LogP contribution in [0.2, 0.25) is 0 Å². The van der Waals surface area contributed by atoms with Gasteiger partial charge in [0.05, 0.1) is 0 Å². The Morgan fingerprint density at radius 1 is 0.739 bits per heavy atom. The van der Waals surface area contributed by atoms with Gasteiger partial charge in [0, 0.05) is 0 Å². The van der Waals surface area contributed by atoms with Gasteiger partial charge < -0.3 is 0 Å². The molecule has 23 heavy (non-hydrogen) atoms. The van der Waals surface area contributed by atoms with Gasteiger partial charge in [0.15, 0.2) is 0 Å². The molecule has 0 spiro atoms. The molecule has 0 radical (unpaired) electrons. The van der Waals surface area contributed by atoms with E-state index in [0.717, 1.165) is 0 Å². The topological polar surface area (TPSA) is 12.0 Å². The Kier molecular flexibility index (Phi) is 11.6. The van der Waals surface area contributed by atoms with Gasteiger partial charge in [-0.2, -0.15) is 0 Å². The number of rotatable bonds is 3.